The summed E-state index contributed by atoms with van der Waals surface area (Å²) < 4.78 is 5.13. The summed E-state index contributed by atoms with van der Waals surface area (Å²) in [5.41, 5.74) is 9.20. The second-order valence-corrected chi connectivity index (χ2v) is 8.27. The van der Waals surface area contributed by atoms with Crippen LogP contribution >= 0.6 is 0 Å². The van der Waals surface area contributed by atoms with Gasteiger partial charge < -0.3 is 21.1 Å². The van der Waals surface area contributed by atoms with E-state index in [1.807, 2.05) is 12.1 Å². The van der Waals surface area contributed by atoms with E-state index in [9.17, 15) is 9.59 Å². The second kappa shape index (κ2) is 8.92. The number of benzene rings is 3. The molecule has 6 nitrogen and oxygen atoms in total. The van der Waals surface area contributed by atoms with Crippen molar-refractivity contribution in [3.05, 3.63) is 83.4 Å². The molecule has 0 spiro atoms. The van der Waals surface area contributed by atoms with E-state index in [0.29, 0.717) is 28.4 Å². The maximum Gasteiger partial charge on any atom is 0.257 e. The van der Waals surface area contributed by atoms with Crippen molar-refractivity contribution in [2.24, 2.45) is 0 Å². The van der Waals surface area contributed by atoms with E-state index in [0.717, 1.165) is 5.56 Å². The molecule has 0 unspecified atom stereocenters. The summed E-state index contributed by atoms with van der Waals surface area (Å²) in [5.74, 6) is 0.00645. The Morgan fingerprint density at radius 1 is 0.839 bits per heavy atom. The molecular formula is C25H27N3O3. The number of anilines is 3. The molecule has 31 heavy (non-hydrogen) atoms. The van der Waals surface area contributed by atoms with Crippen LogP contribution < -0.4 is 21.1 Å². The van der Waals surface area contributed by atoms with Crippen molar-refractivity contribution >= 4 is 28.9 Å². The van der Waals surface area contributed by atoms with Gasteiger partial charge in [0.2, 0.25) is 0 Å². The third kappa shape index (κ3) is 5.42. The van der Waals surface area contributed by atoms with Gasteiger partial charge in [-0.05, 0) is 65.6 Å². The van der Waals surface area contributed by atoms with E-state index in [1.165, 1.54) is 6.07 Å². The first kappa shape index (κ1) is 21.9. The number of nitrogen functional groups attached to an aromatic ring is 1. The van der Waals surface area contributed by atoms with Crippen LogP contribution in [0.15, 0.2) is 66.7 Å². The number of carbonyl (C=O) groups excluding carboxylic acids is 2. The van der Waals surface area contributed by atoms with Crippen LogP contribution in [0.1, 0.15) is 47.1 Å². The van der Waals surface area contributed by atoms with Crippen molar-refractivity contribution in [3.63, 3.8) is 0 Å². The van der Waals surface area contributed by atoms with Gasteiger partial charge in [0.15, 0.2) is 0 Å². The van der Waals surface area contributed by atoms with Crippen LogP contribution in [0.4, 0.5) is 17.1 Å². The number of nitrogens with one attached hydrogen (secondary N) is 2. The summed E-state index contributed by atoms with van der Waals surface area (Å²) in [6, 6.07) is 19.2. The van der Waals surface area contributed by atoms with E-state index in [2.05, 4.69) is 31.4 Å². The number of carbonyl (C=O) groups is 2. The highest BCUT2D eigenvalue weighted by atomic mass is 16.5. The Bertz CT molecular complexity index is 1080. The molecule has 0 aromatic heterocycles. The Morgan fingerprint density at radius 3 is 2.06 bits per heavy atom. The standard InChI is InChI=1S/C25H27N3O3/c1-25(2,3)17-7-5-16(6-8-17)23(29)28-22-14-9-18(26)15-21(22)24(30)27-19-10-12-20(31-4)13-11-19/h5-15H,26H2,1-4H3,(H,27,30)(H,28,29). The lowest BCUT2D eigenvalue weighted by atomic mass is 9.86. The summed E-state index contributed by atoms with van der Waals surface area (Å²) in [7, 11) is 1.58. The van der Waals surface area contributed by atoms with Crippen LogP contribution in [0.2, 0.25) is 0 Å². The van der Waals surface area contributed by atoms with Crippen molar-refractivity contribution in [2.75, 3.05) is 23.5 Å². The maximum absolute atomic E-state index is 12.9. The molecule has 0 saturated carbocycles. The lowest BCUT2D eigenvalue weighted by Gasteiger charge is -2.19. The Morgan fingerprint density at radius 2 is 1.48 bits per heavy atom. The predicted octanol–water partition coefficient (Wildman–Crippen LogP) is 5.08. The van der Waals surface area contributed by atoms with Crippen LogP contribution in [0, 0.1) is 0 Å². The molecule has 0 saturated heterocycles. The Kier molecular flexibility index (Phi) is 6.30. The van der Waals surface area contributed by atoms with Gasteiger partial charge in [-0.1, -0.05) is 32.9 Å². The van der Waals surface area contributed by atoms with E-state index in [4.69, 9.17) is 10.5 Å². The molecule has 160 valence electrons. The normalized spacial score (nSPS) is 11.0. The van der Waals surface area contributed by atoms with E-state index in [-0.39, 0.29) is 22.8 Å². The fourth-order valence-electron chi connectivity index (χ4n) is 3.05. The highest BCUT2D eigenvalue weighted by molar-refractivity contribution is 6.13. The SMILES string of the molecule is COc1ccc(NC(=O)c2cc(N)ccc2NC(=O)c2ccc(C(C)(C)C)cc2)cc1. The van der Waals surface area contributed by atoms with E-state index in [1.54, 1.807) is 55.6 Å². The molecule has 4 N–H and O–H groups in total. The molecule has 6 heteroatoms. The molecule has 0 fully saturated rings. The molecule has 0 aliphatic heterocycles. The van der Waals surface area contributed by atoms with E-state index >= 15 is 0 Å². The van der Waals surface area contributed by atoms with Crippen molar-refractivity contribution in [1.82, 2.24) is 0 Å². The fraction of sp³-hybridized carbons (Fsp3) is 0.200. The quantitative estimate of drug-likeness (QED) is 0.505. The van der Waals surface area contributed by atoms with Crippen LogP contribution in [0.5, 0.6) is 5.75 Å². The molecule has 0 aliphatic rings. The topological polar surface area (TPSA) is 93.4 Å². The van der Waals surface area contributed by atoms with Gasteiger partial charge in [0, 0.05) is 16.9 Å². The monoisotopic (exact) mass is 417 g/mol. The second-order valence-electron chi connectivity index (χ2n) is 8.27. The summed E-state index contributed by atoms with van der Waals surface area (Å²) in [5, 5.41) is 5.63. The molecular weight excluding hydrogens is 390 g/mol. The Labute approximate surface area is 182 Å². The molecule has 0 bridgehead atoms. The van der Waals surface area contributed by atoms with Crippen LogP contribution in [0.25, 0.3) is 0 Å². The van der Waals surface area contributed by atoms with E-state index < -0.39 is 0 Å². The Balaban J connectivity index is 1.80. The minimum absolute atomic E-state index is 0.00131. The maximum atomic E-state index is 12.9. The molecule has 0 radical (unpaired) electrons. The number of ether oxygens (including phenoxy) is 1. The number of amides is 2. The van der Waals surface area contributed by atoms with Gasteiger partial charge in [0.1, 0.15) is 5.75 Å². The lowest BCUT2D eigenvalue weighted by Crippen LogP contribution is -2.19. The highest BCUT2D eigenvalue weighted by Crippen LogP contribution is 2.24. The first-order valence-electron chi connectivity index (χ1n) is 9.94. The first-order chi connectivity index (χ1) is 14.7. The minimum Gasteiger partial charge on any atom is -0.497 e. The molecule has 0 aliphatic carbocycles. The smallest absolute Gasteiger partial charge is 0.257 e. The van der Waals surface area contributed by atoms with Gasteiger partial charge in [0.25, 0.3) is 11.8 Å². The summed E-state index contributed by atoms with van der Waals surface area (Å²) in [6.45, 7) is 6.35. The average molecular weight is 418 g/mol. The molecule has 2 amide bonds. The van der Waals surface area contributed by atoms with Gasteiger partial charge in [-0.2, -0.15) is 0 Å². The Hall–Kier alpha value is -3.80. The minimum atomic E-state index is -0.379. The molecule has 0 heterocycles. The van der Waals surface area contributed by atoms with Crippen LogP contribution in [-0.4, -0.2) is 18.9 Å². The van der Waals surface area contributed by atoms with Crippen molar-refractivity contribution in [3.8, 4) is 5.75 Å². The highest BCUT2D eigenvalue weighted by Gasteiger charge is 2.17. The zero-order valence-corrected chi connectivity index (χ0v) is 18.2. The van der Waals surface area contributed by atoms with Gasteiger partial charge >= 0.3 is 0 Å². The number of hydrogen-bond donors (Lipinski definition) is 3. The largest absolute Gasteiger partial charge is 0.497 e. The third-order valence-electron chi connectivity index (χ3n) is 4.90. The van der Waals surface area contributed by atoms with Gasteiger partial charge in [-0.25, -0.2) is 0 Å². The first-order valence-corrected chi connectivity index (χ1v) is 9.94. The summed E-state index contributed by atoms with van der Waals surface area (Å²) >= 11 is 0. The summed E-state index contributed by atoms with van der Waals surface area (Å²) in [6.07, 6.45) is 0. The summed E-state index contributed by atoms with van der Waals surface area (Å²) in [4.78, 5) is 25.6. The van der Waals surface area contributed by atoms with Gasteiger partial charge in [-0.3, -0.25) is 9.59 Å². The van der Waals surface area contributed by atoms with Crippen molar-refractivity contribution in [1.29, 1.82) is 0 Å². The molecule has 0 atom stereocenters. The third-order valence-corrected chi connectivity index (χ3v) is 4.90. The van der Waals surface area contributed by atoms with Crippen LogP contribution in [0.3, 0.4) is 0 Å². The number of nitrogens with two attached hydrogens (primary N) is 1. The van der Waals surface area contributed by atoms with Gasteiger partial charge in [0.05, 0.1) is 18.4 Å². The molecule has 3 rings (SSSR count). The average Bonchev–Trinajstić information content (AvgIpc) is 2.75. The van der Waals surface area contributed by atoms with Crippen molar-refractivity contribution in [2.45, 2.75) is 26.2 Å². The lowest BCUT2D eigenvalue weighted by molar-refractivity contribution is 0.102. The number of hydrogen-bond acceptors (Lipinski definition) is 4. The van der Waals surface area contributed by atoms with Crippen molar-refractivity contribution < 1.29 is 14.3 Å². The zero-order chi connectivity index (χ0) is 22.6. The predicted molar refractivity (Wildman–Crippen MR) is 125 cm³/mol. The van der Waals surface area contributed by atoms with Crippen LogP contribution in [-0.2, 0) is 5.41 Å². The number of rotatable bonds is 5. The fourth-order valence-corrected chi connectivity index (χ4v) is 3.05. The molecule has 3 aromatic carbocycles. The molecule has 3 aromatic rings. The van der Waals surface area contributed by atoms with Gasteiger partial charge in [-0.15, -0.1) is 0 Å². The number of methoxy groups -OCH3 is 1. The zero-order valence-electron chi connectivity index (χ0n) is 18.2.